The molecule has 0 saturated carbocycles. The van der Waals surface area contributed by atoms with Gasteiger partial charge in [-0.2, -0.15) is 0 Å². The number of nitrogens with one attached hydrogen (secondary N) is 1. The molecule has 17 heavy (non-hydrogen) atoms. The van der Waals surface area contributed by atoms with Gasteiger partial charge in [-0.05, 0) is 38.3 Å². The summed E-state index contributed by atoms with van der Waals surface area (Å²) in [5, 5.41) is 0. The Balaban J connectivity index is 2.65. The van der Waals surface area contributed by atoms with E-state index in [0.717, 1.165) is 42.9 Å². The Morgan fingerprint density at radius 1 is 1.24 bits per heavy atom. The lowest BCUT2D eigenvalue weighted by Crippen LogP contribution is -2.33. The van der Waals surface area contributed by atoms with Crippen LogP contribution in [-0.2, 0) is 11.2 Å². The lowest BCUT2D eigenvalue weighted by Gasteiger charge is -2.21. The Kier molecular flexibility index (Phi) is 5.26. The molecule has 1 aromatic heterocycles. The third kappa shape index (κ3) is 3.91. The van der Waals surface area contributed by atoms with Crippen LogP contribution in [-0.4, -0.2) is 28.9 Å². The highest BCUT2D eigenvalue weighted by atomic mass is 16.2. The summed E-state index contributed by atoms with van der Waals surface area (Å²) in [5.74, 6) is 0.246. The molecule has 96 valence electrons. The molecule has 0 aromatic carbocycles. The predicted octanol–water partition coefficient (Wildman–Crippen LogP) is 2.82. The average Bonchev–Trinajstić information content (AvgIpc) is 2.57. The molecule has 0 aliphatic carbocycles. The van der Waals surface area contributed by atoms with Crippen LogP contribution in [0.2, 0.25) is 0 Å². The van der Waals surface area contributed by atoms with Crippen molar-refractivity contribution in [2.75, 3.05) is 13.1 Å². The summed E-state index contributed by atoms with van der Waals surface area (Å²) in [6, 6.07) is 2.07. The largest absolute Gasteiger partial charge is 0.362 e. The molecule has 0 aliphatic rings. The summed E-state index contributed by atoms with van der Waals surface area (Å²) >= 11 is 0. The summed E-state index contributed by atoms with van der Waals surface area (Å²) in [5.41, 5.74) is 3.37. The van der Waals surface area contributed by atoms with Crippen molar-refractivity contribution in [1.29, 1.82) is 0 Å². The van der Waals surface area contributed by atoms with Crippen molar-refractivity contribution in [3.8, 4) is 0 Å². The van der Waals surface area contributed by atoms with Crippen LogP contribution in [0.3, 0.4) is 0 Å². The lowest BCUT2D eigenvalue weighted by atomic mass is 10.1. The van der Waals surface area contributed by atoms with Gasteiger partial charge in [0.1, 0.15) is 0 Å². The van der Waals surface area contributed by atoms with E-state index in [-0.39, 0.29) is 5.91 Å². The quantitative estimate of drug-likeness (QED) is 0.810. The first-order valence-corrected chi connectivity index (χ1v) is 6.51. The van der Waals surface area contributed by atoms with E-state index in [1.54, 1.807) is 0 Å². The molecule has 1 N–H and O–H groups in total. The van der Waals surface area contributed by atoms with Gasteiger partial charge in [0.25, 0.3) is 0 Å². The number of carbonyl (C=O) groups is 1. The second-order valence-electron chi connectivity index (χ2n) is 4.66. The van der Waals surface area contributed by atoms with Crippen LogP contribution in [0.25, 0.3) is 0 Å². The van der Waals surface area contributed by atoms with Gasteiger partial charge >= 0.3 is 0 Å². The minimum atomic E-state index is 0.246. The first-order valence-electron chi connectivity index (χ1n) is 6.51. The molecular formula is C14H24N2O. The zero-order valence-electron chi connectivity index (χ0n) is 11.5. The monoisotopic (exact) mass is 236 g/mol. The number of nitrogens with zero attached hydrogens (tertiary/aromatic N) is 1. The molecule has 0 saturated heterocycles. The van der Waals surface area contributed by atoms with E-state index in [9.17, 15) is 4.79 Å². The molecule has 0 aliphatic heterocycles. The number of aryl methyl sites for hydroxylation is 2. The number of H-pyrrole nitrogens is 1. The first-order chi connectivity index (χ1) is 8.08. The number of rotatable bonds is 6. The normalized spacial score (nSPS) is 10.6. The SMILES string of the molecule is CCCN(CCC)C(=O)Cc1cc(C)[nH]c1C. The fraction of sp³-hybridized carbons (Fsp3) is 0.643. The smallest absolute Gasteiger partial charge is 0.227 e. The summed E-state index contributed by atoms with van der Waals surface area (Å²) in [7, 11) is 0. The highest BCUT2D eigenvalue weighted by Gasteiger charge is 2.14. The molecular weight excluding hydrogens is 212 g/mol. The second kappa shape index (κ2) is 6.48. The zero-order valence-corrected chi connectivity index (χ0v) is 11.5. The fourth-order valence-electron chi connectivity index (χ4n) is 2.14. The van der Waals surface area contributed by atoms with E-state index < -0.39 is 0 Å². The summed E-state index contributed by atoms with van der Waals surface area (Å²) in [6.45, 7) is 10.0. The number of carbonyl (C=O) groups excluding carboxylic acids is 1. The third-order valence-electron chi connectivity index (χ3n) is 2.94. The lowest BCUT2D eigenvalue weighted by molar-refractivity contribution is -0.130. The highest BCUT2D eigenvalue weighted by molar-refractivity contribution is 5.79. The molecule has 1 amide bonds. The minimum absolute atomic E-state index is 0.246. The van der Waals surface area contributed by atoms with Crippen molar-refractivity contribution in [2.24, 2.45) is 0 Å². The van der Waals surface area contributed by atoms with E-state index >= 15 is 0 Å². The molecule has 1 aromatic rings. The maximum Gasteiger partial charge on any atom is 0.227 e. The maximum atomic E-state index is 12.2. The molecule has 0 bridgehead atoms. The zero-order chi connectivity index (χ0) is 12.8. The molecule has 3 heteroatoms. The van der Waals surface area contributed by atoms with Crippen LogP contribution in [0.1, 0.15) is 43.6 Å². The minimum Gasteiger partial charge on any atom is -0.362 e. The van der Waals surface area contributed by atoms with Crippen LogP contribution in [0.15, 0.2) is 6.07 Å². The molecule has 1 rings (SSSR count). The van der Waals surface area contributed by atoms with Gasteiger partial charge in [-0.1, -0.05) is 13.8 Å². The Morgan fingerprint density at radius 3 is 2.24 bits per heavy atom. The molecule has 0 atom stereocenters. The topological polar surface area (TPSA) is 36.1 Å². The van der Waals surface area contributed by atoms with Crippen LogP contribution >= 0.6 is 0 Å². The number of hydrogen-bond acceptors (Lipinski definition) is 1. The number of aromatic amines is 1. The fourth-order valence-corrected chi connectivity index (χ4v) is 2.14. The van der Waals surface area contributed by atoms with E-state index in [2.05, 4.69) is 24.9 Å². The van der Waals surface area contributed by atoms with Gasteiger partial charge in [-0.15, -0.1) is 0 Å². The predicted molar refractivity (Wildman–Crippen MR) is 71.1 cm³/mol. The standard InChI is InChI=1S/C14H24N2O/c1-5-7-16(8-6-2)14(17)10-13-9-11(3)15-12(13)4/h9,15H,5-8,10H2,1-4H3. The van der Waals surface area contributed by atoms with Crippen molar-refractivity contribution in [3.05, 3.63) is 23.0 Å². The van der Waals surface area contributed by atoms with Gasteiger partial charge in [0.2, 0.25) is 5.91 Å². The molecule has 0 unspecified atom stereocenters. The molecule has 0 fully saturated rings. The highest BCUT2D eigenvalue weighted by Crippen LogP contribution is 2.11. The molecule has 1 heterocycles. The van der Waals surface area contributed by atoms with Gasteiger partial charge in [0.15, 0.2) is 0 Å². The van der Waals surface area contributed by atoms with Crippen molar-refractivity contribution in [1.82, 2.24) is 9.88 Å². The van der Waals surface area contributed by atoms with Gasteiger partial charge in [-0.25, -0.2) is 0 Å². The second-order valence-corrected chi connectivity index (χ2v) is 4.66. The van der Waals surface area contributed by atoms with Crippen molar-refractivity contribution < 1.29 is 4.79 Å². The van der Waals surface area contributed by atoms with E-state index in [0.29, 0.717) is 6.42 Å². The number of aromatic nitrogens is 1. The molecule has 3 nitrogen and oxygen atoms in total. The van der Waals surface area contributed by atoms with Crippen LogP contribution < -0.4 is 0 Å². The van der Waals surface area contributed by atoms with Gasteiger partial charge in [-0.3, -0.25) is 4.79 Å². The number of hydrogen-bond donors (Lipinski definition) is 1. The van der Waals surface area contributed by atoms with Gasteiger partial charge in [0.05, 0.1) is 6.42 Å². The van der Waals surface area contributed by atoms with Crippen molar-refractivity contribution >= 4 is 5.91 Å². The Morgan fingerprint density at radius 2 is 1.82 bits per heavy atom. The molecule has 0 spiro atoms. The summed E-state index contributed by atoms with van der Waals surface area (Å²) < 4.78 is 0. The van der Waals surface area contributed by atoms with Gasteiger partial charge in [0, 0.05) is 24.5 Å². The van der Waals surface area contributed by atoms with Gasteiger partial charge < -0.3 is 9.88 Å². The van der Waals surface area contributed by atoms with E-state index in [4.69, 9.17) is 0 Å². The van der Waals surface area contributed by atoms with Crippen LogP contribution in [0.4, 0.5) is 0 Å². The third-order valence-corrected chi connectivity index (χ3v) is 2.94. The maximum absolute atomic E-state index is 12.2. The summed E-state index contributed by atoms with van der Waals surface area (Å²) in [6.07, 6.45) is 2.57. The first kappa shape index (κ1) is 13.8. The van der Waals surface area contributed by atoms with E-state index in [1.807, 2.05) is 18.7 Å². The Labute approximate surface area is 104 Å². The van der Waals surface area contributed by atoms with Crippen molar-refractivity contribution in [3.63, 3.8) is 0 Å². The number of amides is 1. The van der Waals surface area contributed by atoms with Crippen LogP contribution in [0, 0.1) is 13.8 Å². The Bertz CT molecular complexity index is 362. The van der Waals surface area contributed by atoms with Crippen molar-refractivity contribution in [2.45, 2.75) is 47.0 Å². The summed E-state index contributed by atoms with van der Waals surface area (Å²) in [4.78, 5) is 17.4. The van der Waals surface area contributed by atoms with Crippen LogP contribution in [0.5, 0.6) is 0 Å². The average molecular weight is 236 g/mol. The van der Waals surface area contributed by atoms with E-state index in [1.165, 1.54) is 0 Å². The Hall–Kier alpha value is -1.25. The molecule has 0 radical (unpaired) electrons.